The molecule has 0 bridgehead atoms. The Bertz CT molecular complexity index is 930. The molecule has 0 aliphatic carbocycles. The Kier molecular flexibility index (Phi) is 4.28. The van der Waals surface area contributed by atoms with Crippen molar-refractivity contribution in [2.45, 2.75) is 25.6 Å². The number of nitriles is 1. The van der Waals surface area contributed by atoms with Crippen LogP contribution in [0.15, 0.2) is 42.5 Å². The first-order valence-electron chi connectivity index (χ1n) is 7.75. The summed E-state index contributed by atoms with van der Waals surface area (Å²) in [5, 5.41) is 9.07. The van der Waals surface area contributed by atoms with E-state index in [0.717, 1.165) is 12.1 Å². The highest BCUT2D eigenvalue weighted by atomic mass is 19.4. The Morgan fingerprint density at radius 2 is 1.88 bits per heavy atom. The topological polar surface area (TPSA) is 61.2 Å². The summed E-state index contributed by atoms with van der Waals surface area (Å²) in [6.07, 6.45) is -4.74. The molecule has 1 atom stereocenters. The van der Waals surface area contributed by atoms with Crippen molar-refractivity contribution in [2.24, 2.45) is 0 Å². The zero-order valence-electron chi connectivity index (χ0n) is 13.7. The van der Waals surface area contributed by atoms with Crippen LogP contribution in [0.3, 0.4) is 0 Å². The number of rotatable bonds is 3. The summed E-state index contributed by atoms with van der Waals surface area (Å²) in [5.74, 6) is -2.25. The van der Waals surface area contributed by atoms with Crippen molar-refractivity contribution >= 4 is 17.4 Å². The maximum atomic E-state index is 13.3. The number of anilines is 1. The Balaban J connectivity index is 2.18. The molecule has 2 aromatic rings. The molecule has 1 unspecified atom stereocenters. The van der Waals surface area contributed by atoms with E-state index in [1.165, 1.54) is 17.9 Å². The maximum Gasteiger partial charge on any atom is 0.417 e. The number of carbonyl (C=O) groups is 2. The number of alkyl halides is 3. The molecule has 0 aromatic heterocycles. The molecule has 1 amide bonds. The second kappa shape index (κ2) is 6.30. The van der Waals surface area contributed by atoms with Gasteiger partial charge in [0, 0.05) is 5.69 Å². The van der Waals surface area contributed by atoms with Crippen LogP contribution in [0.4, 0.5) is 18.9 Å². The second-order valence-corrected chi connectivity index (χ2v) is 6.02. The lowest BCUT2D eigenvalue weighted by Gasteiger charge is -2.19. The fraction of sp³-hybridized carbons (Fsp3) is 0.211. The largest absolute Gasteiger partial charge is 0.417 e. The maximum absolute atomic E-state index is 13.3. The number of hydrogen-bond acceptors (Lipinski definition) is 3. The summed E-state index contributed by atoms with van der Waals surface area (Å²) in [7, 11) is 0. The highest BCUT2D eigenvalue weighted by molar-refractivity contribution is 6.17. The summed E-state index contributed by atoms with van der Waals surface area (Å²) in [5.41, 5.74) is -0.840. The van der Waals surface area contributed by atoms with E-state index in [-0.39, 0.29) is 17.8 Å². The van der Waals surface area contributed by atoms with Crippen LogP contribution in [-0.4, -0.2) is 11.7 Å². The molecule has 1 aliphatic heterocycles. The van der Waals surface area contributed by atoms with E-state index < -0.39 is 34.9 Å². The molecule has 0 saturated carbocycles. The molecule has 132 valence electrons. The van der Waals surface area contributed by atoms with Crippen LogP contribution in [0.25, 0.3) is 0 Å². The first-order valence-corrected chi connectivity index (χ1v) is 7.75. The van der Waals surface area contributed by atoms with Crippen LogP contribution in [0.5, 0.6) is 0 Å². The van der Waals surface area contributed by atoms with E-state index >= 15 is 0 Å². The van der Waals surface area contributed by atoms with Gasteiger partial charge in [-0.15, -0.1) is 0 Å². The molecule has 7 heteroatoms. The van der Waals surface area contributed by atoms with Crippen molar-refractivity contribution in [1.82, 2.24) is 0 Å². The van der Waals surface area contributed by atoms with Crippen molar-refractivity contribution in [2.75, 3.05) is 4.90 Å². The van der Waals surface area contributed by atoms with Crippen LogP contribution >= 0.6 is 0 Å². The third kappa shape index (κ3) is 2.94. The van der Waals surface area contributed by atoms with Gasteiger partial charge in [0.15, 0.2) is 0 Å². The fourth-order valence-corrected chi connectivity index (χ4v) is 3.13. The third-order valence-corrected chi connectivity index (χ3v) is 4.30. The van der Waals surface area contributed by atoms with Gasteiger partial charge in [0.05, 0.1) is 23.7 Å². The van der Waals surface area contributed by atoms with Gasteiger partial charge < -0.3 is 4.90 Å². The van der Waals surface area contributed by atoms with Gasteiger partial charge in [-0.2, -0.15) is 18.4 Å². The molecule has 4 nitrogen and oxygen atoms in total. The average molecular weight is 358 g/mol. The molecule has 1 aliphatic rings. The molecule has 0 fully saturated rings. The van der Waals surface area contributed by atoms with Crippen molar-refractivity contribution < 1.29 is 22.8 Å². The van der Waals surface area contributed by atoms with Gasteiger partial charge in [-0.25, -0.2) is 0 Å². The number of hydrogen-bond donors (Lipinski definition) is 0. The zero-order valence-corrected chi connectivity index (χ0v) is 13.7. The number of Topliss-reactive ketones (excluding diaryl/α,β-unsaturated/α-hetero) is 1. The van der Waals surface area contributed by atoms with Crippen LogP contribution < -0.4 is 4.90 Å². The van der Waals surface area contributed by atoms with Crippen LogP contribution in [0, 0.1) is 11.3 Å². The Morgan fingerprint density at radius 1 is 1.23 bits per heavy atom. The fourth-order valence-electron chi connectivity index (χ4n) is 3.13. The minimum Gasteiger partial charge on any atom is -0.307 e. The van der Waals surface area contributed by atoms with E-state index in [1.54, 1.807) is 30.3 Å². The predicted octanol–water partition coefficient (Wildman–Crippen LogP) is 3.80. The van der Waals surface area contributed by atoms with Gasteiger partial charge in [0.1, 0.15) is 11.7 Å². The summed E-state index contributed by atoms with van der Waals surface area (Å²) >= 11 is 0. The molecular weight excluding hydrogens is 345 g/mol. The number of halogens is 3. The van der Waals surface area contributed by atoms with Gasteiger partial charge in [-0.1, -0.05) is 30.3 Å². The highest BCUT2D eigenvalue weighted by Crippen LogP contribution is 2.44. The lowest BCUT2D eigenvalue weighted by Crippen LogP contribution is -2.30. The molecule has 3 rings (SSSR count). The quantitative estimate of drug-likeness (QED) is 0.784. The number of fused-ring (bicyclic) bond motifs is 1. The molecule has 2 aromatic carbocycles. The zero-order chi connectivity index (χ0) is 19.1. The number of nitrogens with zero attached hydrogens (tertiary/aromatic N) is 2. The van der Waals surface area contributed by atoms with Crippen molar-refractivity contribution in [3.05, 3.63) is 64.7 Å². The monoisotopic (exact) mass is 358 g/mol. The Hall–Kier alpha value is -3.14. The minimum absolute atomic E-state index is 0.0189. The van der Waals surface area contributed by atoms with Gasteiger partial charge in [0.25, 0.3) is 0 Å². The predicted molar refractivity (Wildman–Crippen MR) is 87.2 cm³/mol. The van der Waals surface area contributed by atoms with E-state index in [1.807, 2.05) is 0 Å². The summed E-state index contributed by atoms with van der Waals surface area (Å²) in [6.45, 7) is 1.25. The summed E-state index contributed by atoms with van der Waals surface area (Å²) in [6, 6.07) is 12.1. The van der Waals surface area contributed by atoms with Crippen LogP contribution in [-0.2, 0) is 22.3 Å². The Morgan fingerprint density at radius 3 is 2.42 bits per heavy atom. The van der Waals surface area contributed by atoms with Gasteiger partial charge in [-0.05, 0) is 30.2 Å². The molecule has 26 heavy (non-hydrogen) atoms. The van der Waals surface area contributed by atoms with E-state index in [2.05, 4.69) is 0 Å². The van der Waals surface area contributed by atoms with Crippen molar-refractivity contribution in [3.8, 4) is 6.07 Å². The second-order valence-electron chi connectivity index (χ2n) is 6.02. The molecule has 0 saturated heterocycles. The third-order valence-electron chi connectivity index (χ3n) is 4.30. The molecule has 0 N–H and O–H groups in total. The van der Waals surface area contributed by atoms with Crippen LogP contribution in [0.2, 0.25) is 0 Å². The highest BCUT2D eigenvalue weighted by Gasteiger charge is 2.43. The normalized spacial score (nSPS) is 16.3. The molecule has 1 heterocycles. The smallest absolute Gasteiger partial charge is 0.307 e. The molecular formula is C19H13F3N2O2. The average Bonchev–Trinajstić information content (AvgIpc) is 2.85. The van der Waals surface area contributed by atoms with Crippen LogP contribution in [0.1, 0.15) is 35.1 Å². The van der Waals surface area contributed by atoms with E-state index in [4.69, 9.17) is 5.26 Å². The lowest BCUT2D eigenvalue weighted by atomic mass is 9.93. The van der Waals surface area contributed by atoms with E-state index in [0.29, 0.717) is 5.56 Å². The number of benzene rings is 2. The first-order chi connectivity index (χ1) is 12.2. The van der Waals surface area contributed by atoms with Crippen molar-refractivity contribution in [1.29, 1.82) is 5.26 Å². The summed E-state index contributed by atoms with van der Waals surface area (Å²) in [4.78, 5) is 25.8. The Labute approximate surface area is 147 Å². The molecule has 0 spiro atoms. The molecule has 0 radical (unpaired) electrons. The lowest BCUT2D eigenvalue weighted by molar-refractivity contribution is -0.137. The number of carbonyl (C=O) groups excluding carboxylic acids is 2. The number of ketones is 1. The number of amides is 1. The summed E-state index contributed by atoms with van der Waals surface area (Å²) < 4.78 is 39.9. The van der Waals surface area contributed by atoms with Crippen molar-refractivity contribution in [3.63, 3.8) is 0 Å². The SMILES string of the molecule is CC(=O)C1C(=O)N(Cc2ccccc2)c2cc(C(F)(F)F)c(C#N)cc21. The van der Waals surface area contributed by atoms with E-state index in [9.17, 15) is 22.8 Å². The van der Waals surface area contributed by atoms with Gasteiger partial charge >= 0.3 is 6.18 Å². The minimum atomic E-state index is -4.74. The standard InChI is InChI=1S/C19H13F3N2O2/c1-11(25)17-14-7-13(9-23)15(19(20,21)22)8-16(14)24(18(17)26)10-12-5-3-2-4-6-12/h2-8,17H,10H2,1H3. The van der Waals surface area contributed by atoms with Gasteiger partial charge in [-0.3, -0.25) is 9.59 Å². The first kappa shape index (κ1) is 17.7. The van der Waals surface area contributed by atoms with Gasteiger partial charge in [0.2, 0.25) is 5.91 Å².